The van der Waals surface area contributed by atoms with Gasteiger partial charge in [0.1, 0.15) is 5.60 Å². The van der Waals surface area contributed by atoms with Crippen molar-refractivity contribution in [3.05, 3.63) is 123 Å². The Balaban J connectivity index is 1.38. The first kappa shape index (κ1) is 31.2. The molecular formula is C37H38BrN3O3. The summed E-state index contributed by atoms with van der Waals surface area (Å²) in [5, 5.41) is 9.07. The molecule has 0 aliphatic carbocycles. The van der Waals surface area contributed by atoms with E-state index in [4.69, 9.17) is 9.84 Å². The maximum Gasteiger partial charge on any atom is 0.339 e. The highest BCUT2D eigenvalue weighted by atomic mass is 79.9. The molecule has 0 aliphatic rings. The van der Waals surface area contributed by atoms with Crippen LogP contribution in [0.3, 0.4) is 0 Å². The smallest absolute Gasteiger partial charge is 0.339 e. The highest BCUT2D eigenvalue weighted by Gasteiger charge is 2.21. The number of fused-ring (bicyclic) bond motifs is 1. The second-order valence-electron chi connectivity index (χ2n) is 12.4. The van der Waals surface area contributed by atoms with Crippen LogP contribution in [0.15, 0.2) is 95.5 Å². The molecule has 1 N–H and O–H groups in total. The lowest BCUT2D eigenvalue weighted by molar-refractivity contribution is 0.00703. The normalized spacial score (nSPS) is 12.4. The topological polar surface area (TPSA) is 73.2 Å². The number of hydrogen-bond acceptors (Lipinski definition) is 4. The number of benzene rings is 4. The summed E-state index contributed by atoms with van der Waals surface area (Å²) < 4.78 is 8.64. The Morgan fingerprint density at radius 2 is 1.59 bits per heavy atom. The lowest BCUT2D eigenvalue weighted by Crippen LogP contribution is -2.26. The van der Waals surface area contributed by atoms with Crippen LogP contribution in [-0.4, -0.2) is 27.3 Å². The van der Waals surface area contributed by atoms with Crippen molar-refractivity contribution < 1.29 is 14.3 Å². The molecular weight excluding hydrogens is 614 g/mol. The number of halogens is 1. The molecule has 226 valence electrons. The summed E-state index contributed by atoms with van der Waals surface area (Å²) in [4.78, 5) is 26.1. The van der Waals surface area contributed by atoms with E-state index in [1.807, 2.05) is 105 Å². The number of carbonyl (C=O) groups is 2. The van der Waals surface area contributed by atoms with Crippen molar-refractivity contribution in [2.75, 3.05) is 0 Å². The van der Waals surface area contributed by atoms with E-state index in [-0.39, 0.29) is 23.8 Å². The van der Waals surface area contributed by atoms with Gasteiger partial charge < -0.3 is 10.1 Å². The summed E-state index contributed by atoms with van der Waals surface area (Å²) in [6, 6.07) is 29.4. The molecule has 1 heterocycles. The van der Waals surface area contributed by atoms with Crippen LogP contribution in [0.1, 0.15) is 91.0 Å². The third-order valence-electron chi connectivity index (χ3n) is 7.45. The first-order valence-corrected chi connectivity index (χ1v) is 15.7. The molecule has 4 aromatic carbocycles. The van der Waals surface area contributed by atoms with Crippen molar-refractivity contribution in [3.8, 4) is 11.1 Å². The van der Waals surface area contributed by atoms with Crippen molar-refractivity contribution in [1.82, 2.24) is 15.1 Å². The van der Waals surface area contributed by atoms with Crippen molar-refractivity contribution in [2.24, 2.45) is 0 Å². The zero-order valence-corrected chi connectivity index (χ0v) is 27.6. The van der Waals surface area contributed by atoms with Gasteiger partial charge in [-0.3, -0.25) is 9.48 Å². The second-order valence-corrected chi connectivity index (χ2v) is 13.3. The average Bonchev–Trinajstić information content (AvgIpc) is 3.35. The number of aromatic nitrogens is 2. The number of esters is 1. The van der Waals surface area contributed by atoms with E-state index in [2.05, 4.69) is 47.2 Å². The fraction of sp³-hybridized carbons (Fsp3) is 0.270. The summed E-state index contributed by atoms with van der Waals surface area (Å²) >= 11 is 3.46. The molecule has 7 heteroatoms. The maximum absolute atomic E-state index is 13.2. The van der Waals surface area contributed by atoms with Crippen LogP contribution in [-0.2, 0) is 11.3 Å². The Bertz CT molecular complexity index is 1800. The summed E-state index contributed by atoms with van der Waals surface area (Å²) in [6.45, 7) is 12.4. The minimum atomic E-state index is -0.571. The van der Waals surface area contributed by atoms with Gasteiger partial charge in [0.2, 0.25) is 0 Å². The minimum absolute atomic E-state index is 0.118. The van der Waals surface area contributed by atoms with E-state index in [1.54, 1.807) is 6.07 Å². The lowest BCUT2D eigenvalue weighted by Gasteiger charge is -2.20. The molecule has 6 nitrogen and oxygen atoms in total. The van der Waals surface area contributed by atoms with Crippen molar-refractivity contribution in [3.63, 3.8) is 0 Å². The zero-order valence-electron chi connectivity index (χ0n) is 26.0. The summed E-state index contributed by atoms with van der Waals surface area (Å²) in [5.74, 6) is -0.269. The van der Waals surface area contributed by atoms with Gasteiger partial charge in [-0.15, -0.1) is 0 Å². The number of nitrogens with zero attached hydrogens (tertiary/aromatic N) is 2. The molecule has 0 fully saturated rings. The zero-order chi connectivity index (χ0) is 31.6. The van der Waals surface area contributed by atoms with Gasteiger partial charge in [0, 0.05) is 15.4 Å². The van der Waals surface area contributed by atoms with Crippen LogP contribution in [0.2, 0.25) is 0 Å². The van der Waals surface area contributed by atoms with Crippen LogP contribution in [0.25, 0.3) is 22.0 Å². The molecule has 0 radical (unpaired) electrons. The number of ether oxygens (including phenoxy) is 1. The molecule has 0 saturated heterocycles. The van der Waals surface area contributed by atoms with Gasteiger partial charge in [-0.2, -0.15) is 5.10 Å². The molecule has 0 unspecified atom stereocenters. The largest absolute Gasteiger partial charge is 0.456 e. The van der Waals surface area contributed by atoms with Gasteiger partial charge >= 0.3 is 5.97 Å². The predicted octanol–water partition coefficient (Wildman–Crippen LogP) is 9.08. The van der Waals surface area contributed by atoms with Gasteiger partial charge in [-0.1, -0.05) is 84.4 Å². The average molecular weight is 653 g/mol. The predicted molar refractivity (Wildman–Crippen MR) is 180 cm³/mol. The van der Waals surface area contributed by atoms with Crippen LogP contribution < -0.4 is 5.32 Å². The monoisotopic (exact) mass is 651 g/mol. The Morgan fingerprint density at radius 3 is 2.25 bits per heavy atom. The van der Waals surface area contributed by atoms with Crippen LogP contribution in [0, 0.1) is 0 Å². The molecule has 0 aliphatic heterocycles. The minimum Gasteiger partial charge on any atom is -0.456 e. The van der Waals surface area contributed by atoms with Crippen LogP contribution in [0.4, 0.5) is 0 Å². The second kappa shape index (κ2) is 12.8. The summed E-state index contributed by atoms with van der Waals surface area (Å²) in [7, 11) is 0. The first-order valence-electron chi connectivity index (χ1n) is 14.9. The molecule has 44 heavy (non-hydrogen) atoms. The third-order valence-corrected chi connectivity index (χ3v) is 7.98. The summed E-state index contributed by atoms with van der Waals surface area (Å²) in [6.07, 6.45) is 0. The Morgan fingerprint density at radius 1 is 0.909 bits per heavy atom. The van der Waals surface area contributed by atoms with Crippen molar-refractivity contribution in [2.45, 2.75) is 65.6 Å². The molecule has 5 rings (SSSR count). The maximum atomic E-state index is 13.2. The van der Waals surface area contributed by atoms with Crippen molar-refractivity contribution >= 4 is 38.7 Å². The number of nitrogens with one attached hydrogen (secondary N) is 1. The molecule has 1 amide bonds. The van der Waals surface area contributed by atoms with Gasteiger partial charge in [0.05, 0.1) is 29.4 Å². The summed E-state index contributed by atoms with van der Waals surface area (Å²) in [5.41, 5.74) is 6.40. The SMILES string of the molecule is CC(C)c1nn(Cc2ccc(-c3ccccc3C(=O)OC(C)(C)C)cc2)c2ccc(C(=O)N[C@@H](C)c3ccc(Br)cc3)cc12. The van der Waals surface area contributed by atoms with Gasteiger partial charge in [-0.05, 0) is 92.3 Å². The molecule has 1 aromatic heterocycles. The fourth-order valence-corrected chi connectivity index (χ4v) is 5.48. The highest BCUT2D eigenvalue weighted by Crippen LogP contribution is 2.29. The van der Waals surface area contributed by atoms with Crippen LogP contribution in [0.5, 0.6) is 0 Å². The Hall–Kier alpha value is -4.23. The first-order chi connectivity index (χ1) is 20.9. The van der Waals surface area contributed by atoms with E-state index in [0.29, 0.717) is 17.7 Å². The molecule has 5 aromatic rings. The van der Waals surface area contributed by atoms with E-state index in [9.17, 15) is 9.59 Å². The molecule has 0 spiro atoms. The molecule has 1 atom stereocenters. The Labute approximate surface area is 267 Å². The number of rotatable bonds is 8. The van der Waals surface area contributed by atoms with E-state index >= 15 is 0 Å². The lowest BCUT2D eigenvalue weighted by atomic mass is 9.98. The fourth-order valence-electron chi connectivity index (χ4n) is 5.22. The quantitative estimate of drug-likeness (QED) is 0.170. The highest BCUT2D eigenvalue weighted by molar-refractivity contribution is 9.10. The van der Waals surface area contributed by atoms with Crippen molar-refractivity contribution in [1.29, 1.82) is 0 Å². The standard InChI is InChI=1S/C37H38BrN3O3/c1-23(2)34-32-21-28(35(42)39-24(3)26-15-18-29(38)19-16-26)17-20-33(32)41(40-34)22-25-11-13-27(14-12-25)30-9-7-8-10-31(30)36(43)44-37(4,5)6/h7-21,23-24H,22H2,1-6H3,(H,39,42)/t24-/m0/s1. The number of hydrogen-bond donors (Lipinski definition) is 1. The van der Waals surface area contributed by atoms with Gasteiger partial charge in [0.25, 0.3) is 5.91 Å². The van der Waals surface area contributed by atoms with Gasteiger partial charge in [-0.25, -0.2) is 4.79 Å². The number of amides is 1. The van der Waals surface area contributed by atoms with E-state index in [1.165, 1.54) is 0 Å². The number of carbonyl (C=O) groups excluding carboxylic acids is 2. The Kier molecular flexibility index (Phi) is 9.07. The molecule has 0 bridgehead atoms. The molecule has 0 saturated carbocycles. The van der Waals surface area contributed by atoms with E-state index in [0.717, 1.165) is 43.3 Å². The van der Waals surface area contributed by atoms with E-state index < -0.39 is 5.60 Å². The third kappa shape index (κ3) is 7.11. The van der Waals surface area contributed by atoms with Gasteiger partial charge in [0.15, 0.2) is 0 Å². The van der Waals surface area contributed by atoms with Crippen LogP contribution >= 0.6 is 15.9 Å².